The maximum atomic E-state index is 12.2. The van der Waals surface area contributed by atoms with Crippen LogP contribution in [-0.2, 0) is 19.2 Å². The lowest BCUT2D eigenvalue weighted by Crippen LogP contribution is -2.48. The van der Waals surface area contributed by atoms with Crippen molar-refractivity contribution in [2.24, 2.45) is 5.92 Å². The Bertz CT molecular complexity index is 763. The van der Waals surface area contributed by atoms with Crippen molar-refractivity contribution in [1.82, 2.24) is 26.2 Å². The number of unbranched alkanes of at least 4 members (excludes halogenated alkanes) is 1. The molecule has 0 aromatic heterocycles. The molecule has 1 saturated heterocycles. The highest BCUT2D eigenvalue weighted by molar-refractivity contribution is 6.25. The lowest BCUT2D eigenvalue weighted by molar-refractivity contribution is -0.137. The summed E-state index contributed by atoms with van der Waals surface area (Å²) in [4.78, 5) is 57.6. The van der Waals surface area contributed by atoms with Gasteiger partial charge in [0.25, 0.3) is 0 Å². The molecule has 0 radical (unpaired) electrons. The fourth-order valence-electron chi connectivity index (χ4n) is 3.44. The van der Waals surface area contributed by atoms with Crippen molar-refractivity contribution in [3.8, 4) is 12.3 Å². The Balaban J connectivity index is -0.000000105. The van der Waals surface area contributed by atoms with E-state index in [1.54, 1.807) is 7.05 Å². The maximum absolute atomic E-state index is 12.2. The van der Waals surface area contributed by atoms with Crippen LogP contribution in [0.2, 0.25) is 0 Å². The molecule has 1 aliphatic heterocycles. The van der Waals surface area contributed by atoms with Crippen LogP contribution in [0.5, 0.6) is 0 Å². The molecule has 49 heavy (non-hydrogen) atoms. The van der Waals surface area contributed by atoms with E-state index < -0.39 is 17.9 Å². The molecule has 10 nitrogen and oxygen atoms in total. The van der Waals surface area contributed by atoms with Crippen LogP contribution in [0.25, 0.3) is 0 Å². The highest BCUT2D eigenvalue weighted by atomic mass is 16.2. The molecular formula is C39H81N5O5. The zero-order chi connectivity index (χ0) is 40.1. The van der Waals surface area contributed by atoms with Crippen molar-refractivity contribution in [3.63, 3.8) is 0 Å². The van der Waals surface area contributed by atoms with Gasteiger partial charge in [-0.25, -0.2) is 4.79 Å². The summed E-state index contributed by atoms with van der Waals surface area (Å²) in [6.07, 6.45) is 13.8. The highest BCUT2D eigenvalue weighted by Gasteiger charge is 2.33. The first-order chi connectivity index (χ1) is 23.4. The van der Waals surface area contributed by atoms with Crippen LogP contribution in [0.1, 0.15) is 147 Å². The third kappa shape index (κ3) is 49.3. The number of hydrogen-bond acceptors (Lipinski definition) is 6. The predicted molar refractivity (Wildman–Crippen MR) is 213 cm³/mol. The molecule has 292 valence electrons. The van der Waals surface area contributed by atoms with Gasteiger partial charge in [-0.2, -0.15) is 0 Å². The fraction of sp³-hybridized carbons (Fsp3) is 0.769. The van der Waals surface area contributed by atoms with Crippen molar-refractivity contribution in [2.45, 2.75) is 159 Å². The molecule has 10 heteroatoms. The molecule has 3 atom stereocenters. The summed E-state index contributed by atoms with van der Waals surface area (Å²) in [6, 6.07) is -1.06. The standard InChI is InChI=1S/C15H20N2O4.C8H18N2O.C4H10.C3H9N.C3H8.2C2H6.C2H4/c1-3-4-6-12(9-13(20)10-18)16-15(21)14-7-5-8-17(14)11(2)19;1-4-5-7(2)6-10-8(11)9-3;2*1-3-4-2;1-3-2;3*1-2/h1,10,12,14H,4-9H2,2H3,(H,16,21);7H,4-6H2,1-3H3,(H2,9,10,11);3-4H2,1-2H3;4H,3H2,1-2H3;3H2,1-2H3;2*1-2H3;1-2H2. The van der Waals surface area contributed by atoms with Gasteiger partial charge in [0.15, 0.2) is 12.1 Å². The van der Waals surface area contributed by atoms with Crippen LogP contribution in [0.4, 0.5) is 4.79 Å². The Kier molecular flexibility index (Phi) is 67.6. The molecule has 1 heterocycles. The monoisotopic (exact) mass is 700 g/mol. The van der Waals surface area contributed by atoms with Gasteiger partial charge in [0.1, 0.15) is 6.04 Å². The topological polar surface area (TPSA) is 137 Å². The van der Waals surface area contributed by atoms with Crippen LogP contribution in [0.3, 0.4) is 0 Å². The second-order valence-corrected chi connectivity index (χ2v) is 10.4. The van der Waals surface area contributed by atoms with Crippen LogP contribution >= 0.6 is 0 Å². The molecule has 0 aromatic rings. The van der Waals surface area contributed by atoms with Crippen LogP contribution in [-0.4, -0.2) is 80.6 Å². The largest absolute Gasteiger partial charge is 0.351 e. The number of Topliss-reactive ketones (excluding diaryl/α,β-unsaturated/α-hetero) is 1. The second-order valence-electron chi connectivity index (χ2n) is 10.4. The molecule has 0 spiro atoms. The van der Waals surface area contributed by atoms with E-state index in [-0.39, 0.29) is 30.6 Å². The molecule has 0 saturated carbocycles. The number of aldehydes is 1. The second kappa shape index (κ2) is 54.3. The maximum Gasteiger partial charge on any atom is 0.314 e. The van der Waals surface area contributed by atoms with Crippen LogP contribution in [0.15, 0.2) is 13.2 Å². The minimum atomic E-state index is -0.577. The SMILES string of the molecule is C#CCCC(CC(=O)C=O)NC(=O)C1CCCN1C(C)=O.C=C.CC.CC.CCC.CCCC.CCCC(C)CNC(=O)NC.CCNC. The number of ketones is 1. The molecule has 4 amide bonds. The Morgan fingerprint density at radius 1 is 0.939 bits per heavy atom. The molecule has 1 fully saturated rings. The molecule has 0 aromatic carbocycles. The molecule has 1 aliphatic rings. The summed E-state index contributed by atoms with van der Waals surface area (Å²) < 4.78 is 0. The number of carbonyl (C=O) groups excluding carboxylic acids is 5. The number of likely N-dealkylation sites (tertiary alicyclic amines) is 1. The predicted octanol–water partition coefficient (Wildman–Crippen LogP) is 7.71. The number of amides is 4. The number of rotatable bonds is 13. The lowest BCUT2D eigenvalue weighted by atomic mass is 10.0. The molecule has 0 aliphatic carbocycles. The fourth-order valence-corrected chi connectivity index (χ4v) is 3.44. The van der Waals surface area contributed by atoms with Gasteiger partial charge in [0, 0.05) is 45.9 Å². The molecule has 3 unspecified atom stereocenters. The molecule has 4 N–H and O–H groups in total. The number of hydrogen-bond donors (Lipinski definition) is 4. The lowest BCUT2D eigenvalue weighted by Gasteiger charge is -2.25. The Labute approximate surface area is 304 Å². The van der Waals surface area contributed by atoms with Gasteiger partial charge in [0.2, 0.25) is 11.8 Å². The van der Waals surface area contributed by atoms with Gasteiger partial charge in [-0.3, -0.25) is 19.2 Å². The van der Waals surface area contributed by atoms with Gasteiger partial charge in [0.05, 0.1) is 0 Å². The summed E-state index contributed by atoms with van der Waals surface area (Å²) in [5.74, 6) is 2.02. The Morgan fingerprint density at radius 2 is 1.43 bits per heavy atom. The number of terminal acetylenes is 1. The zero-order valence-corrected chi connectivity index (χ0v) is 34.5. The van der Waals surface area contributed by atoms with Crippen molar-refractivity contribution >= 4 is 29.9 Å². The number of nitrogens with zero attached hydrogens (tertiary/aromatic N) is 1. The van der Waals surface area contributed by atoms with Gasteiger partial charge in [-0.15, -0.1) is 25.5 Å². The quantitative estimate of drug-likeness (QED) is 0.0673. The minimum Gasteiger partial charge on any atom is -0.351 e. The third-order valence-corrected chi connectivity index (χ3v) is 6.00. The van der Waals surface area contributed by atoms with Crippen LogP contribution in [0, 0.1) is 18.3 Å². The Hall–Kier alpha value is -3.19. The van der Waals surface area contributed by atoms with E-state index in [9.17, 15) is 24.0 Å². The van der Waals surface area contributed by atoms with Gasteiger partial charge in [-0.05, 0) is 45.2 Å². The third-order valence-electron chi connectivity index (χ3n) is 6.00. The minimum absolute atomic E-state index is 0.0658. The summed E-state index contributed by atoms with van der Waals surface area (Å²) in [5, 5.41) is 10.9. The first kappa shape index (κ1) is 61.1. The number of urea groups is 1. The van der Waals surface area contributed by atoms with Gasteiger partial charge in [-0.1, -0.05) is 102 Å². The number of nitrogens with one attached hydrogen (secondary N) is 4. The van der Waals surface area contributed by atoms with Crippen LogP contribution < -0.4 is 21.3 Å². The summed E-state index contributed by atoms with van der Waals surface area (Å²) >= 11 is 0. The van der Waals surface area contributed by atoms with E-state index >= 15 is 0 Å². The van der Waals surface area contributed by atoms with E-state index in [1.165, 1.54) is 43.9 Å². The summed E-state index contributed by atoms with van der Waals surface area (Å²) in [7, 11) is 3.56. The summed E-state index contributed by atoms with van der Waals surface area (Å²) in [5.41, 5.74) is 0. The molecular weight excluding hydrogens is 618 g/mol. The van der Waals surface area contributed by atoms with Crippen molar-refractivity contribution < 1.29 is 24.0 Å². The normalized spacial score (nSPS) is 12.7. The molecule has 1 rings (SSSR count). The van der Waals surface area contributed by atoms with E-state index in [0.717, 1.165) is 19.5 Å². The first-order valence-corrected chi connectivity index (χ1v) is 18.5. The van der Waals surface area contributed by atoms with Gasteiger partial charge >= 0.3 is 6.03 Å². The van der Waals surface area contributed by atoms with Crippen molar-refractivity contribution in [3.05, 3.63) is 13.2 Å². The zero-order valence-electron chi connectivity index (χ0n) is 34.5. The number of carbonyl (C=O) groups is 5. The summed E-state index contributed by atoms with van der Waals surface area (Å²) in [6.45, 7) is 32.8. The van der Waals surface area contributed by atoms with E-state index in [2.05, 4.69) is 88.8 Å². The highest BCUT2D eigenvalue weighted by Crippen LogP contribution is 2.18. The molecule has 0 bridgehead atoms. The van der Waals surface area contributed by atoms with Crippen molar-refractivity contribution in [1.29, 1.82) is 0 Å². The first-order valence-electron chi connectivity index (χ1n) is 18.5. The Morgan fingerprint density at radius 3 is 1.78 bits per heavy atom. The van der Waals surface area contributed by atoms with E-state index in [4.69, 9.17) is 6.42 Å². The average Bonchev–Trinajstić information content (AvgIpc) is 3.64. The smallest absolute Gasteiger partial charge is 0.314 e. The van der Waals surface area contributed by atoms with Gasteiger partial charge < -0.3 is 26.2 Å². The van der Waals surface area contributed by atoms with E-state index in [1.807, 2.05) is 34.7 Å². The van der Waals surface area contributed by atoms with Crippen molar-refractivity contribution in [2.75, 3.05) is 33.7 Å². The van der Waals surface area contributed by atoms with E-state index in [0.29, 0.717) is 31.7 Å². The average molecular weight is 700 g/mol.